The van der Waals surface area contributed by atoms with Crippen LogP contribution in [0.2, 0.25) is 1.41 Å². The number of fused-ring (bicyclic) bond motifs is 10. The van der Waals surface area contributed by atoms with Gasteiger partial charge < -0.3 is 15.0 Å². The summed E-state index contributed by atoms with van der Waals surface area (Å²) in [5.41, 5.74) is 9.51. The first-order valence-corrected chi connectivity index (χ1v) is 9.76. The predicted octanol–water partition coefficient (Wildman–Crippen LogP) is 4.67. The van der Waals surface area contributed by atoms with Crippen molar-refractivity contribution in [2.24, 2.45) is 0 Å². The van der Waals surface area contributed by atoms with Crippen LogP contribution in [0.25, 0.3) is 32.9 Å². The topological polar surface area (TPSA) is 54.1 Å². The lowest BCUT2D eigenvalue weighted by molar-refractivity contribution is 0.0966. The lowest BCUT2D eigenvalue weighted by atomic mass is 9.92. The normalized spacial score (nSPS) is 15.2. The molecule has 0 bridgehead atoms. The van der Waals surface area contributed by atoms with E-state index in [-0.39, 0.29) is 5.91 Å². The molecule has 0 radical (unpaired) electrons. The highest BCUT2D eigenvalue weighted by atomic mass is 16.5. The van der Waals surface area contributed by atoms with Crippen molar-refractivity contribution in [2.45, 2.75) is 26.5 Å². The van der Waals surface area contributed by atoms with Crippen LogP contribution in [0.4, 0.5) is 0 Å². The van der Waals surface area contributed by atoms with E-state index in [1.54, 1.807) is 0 Å². The Morgan fingerprint density at radius 2 is 2.04 bits per heavy atom. The third-order valence-corrected chi connectivity index (χ3v) is 6.04. The van der Waals surface area contributed by atoms with E-state index in [2.05, 4.69) is 35.3 Å². The van der Waals surface area contributed by atoms with Crippen molar-refractivity contribution in [3.05, 3.63) is 70.3 Å². The van der Waals surface area contributed by atoms with E-state index >= 15 is 0 Å². The van der Waals surface area contributed by atoms with Gasteiger partial charge in [-0.2, -0.15) is 0 Å². The Bertz CT molecular complexity index is 1340. The Labute approximate surface area is 164 Å². The molecule has 0 atom stereocenters. The third kappa shape index (κ3) is 2.01. The quantitative estimate of drug-likeness (QED) is 0.485. The molecule has 0 saturated heterocycles. The molecule has 138 valence electrons. The first-order valence-electron chi connectivity index (χ1n) is 10.2. The van der Waals surface area contributed by atoms with Crippen LogP contribution in [0.5, 0.6) is 0 Å². The zero-order valence-corrected chi connectivity index (χ0v) is 15.6. The Morgan fingerprint density at radius 3 is 2.93 bits per heavy atom. The maximum atomic E-state index is 13.0. The molecule has 0 spiro atoms. The lowest BCUT2D eigenvalue weighted by Gasteiger charge is -2.10. The number of nitrogens with one attached hydrogen (secondary N) is 2. The van der Waals surface area contributed by atoms with Gasteiger partial charge in [-0.3, -0.25) is 4.79 Å². The second-order valence-electron chi connectivity index (χ2n) is 7.55. The molecule has 4 aromatic rings. The van der Waals surface area contributed by atoms with Gasteiger partial charge in [0.1, 0.15) is 0 Å². The van der Waals surface area contributed by atoms with Gasteiger partial charge in [0.25, 0.3) is 5.91 Å². The summed E-state index contributed by atoms with van der Waals surface area (Å²) in [6.45, 7) is 3.56. The van der Waals surface area contributed by atoms with Crippen molar-refractivity contribution in [2.75, 3.05) is 6.61 Å². The van der Waals surface area contributed by atoms with Crippen LogP contribution in [0, 0.1) is 0 Å². The fourth-order valence-electron chi connectivity index (χ4n) is 4.85. The summed E-state index contributed by atoms with van der Waals surface area (Å²) in [5, 5.41) is 3.28. The second kappa shape index (κ2) is 5.69. The van der Waals surface area contributed by atoms with Gasteiger partial charge in [-0.05, 0) is 46.9 Å². The van der Waals surface area contributed by atoms with Gasteiger partial charge in [-0.25, -0.2) is 0 Å². The Balaban J connectivity index is 1.72. The molecule has 2 N–H and O–H groups in total. The van der Waals surface area contributed by atoms with Gasteiger partial charge in [-0.1, -0.05) is 30.3 Å². The SMILES string of the molecule is [2H]N1Cc2c(c3c(c4[nH]c5ccc(COCC)cc5c24)Cc2ccccc2-3)C1=O. The highest BCUT2D eigenvalue weighted by molar-refractivity contribution is 6.19. The molecule has 0 fully saturated rings. The fraction of sp³-hybridized carbons (Fsp3) is 0.208. The summed E-state index contributed by atoms with van der Waals surface area (Å²) >= 11 is 0. The number of amides is 1. The van der Waals surface area contributed by atoms with E-state index in [0.29, 0.717) is 25.3 Å². The van der Waals surface area contributed by atoms with Crippen LogP contribution in [0.1, 0.15) is 39.5 Å². The third-order valence-electron chi connectivity index (χ3n) is 6.04. The van der Waals surface area contributed by atoms with Crippen LogP contribution >= 0.6 is 0 Å². The summed E-state index contributed by atoms with van der Waals surface area (Å²) in [7, 11) is 0. The Hall–Kier alpha value is -3.11. The molecule has 4 nitrogen and oxygen atoms in total. The summed E-state index contributed by atoms with van der Waals surface area (Å²) in [5.74, 6) is -0.199. The van der Waals surface area contributed by atoms with Gasteiger partial charge in [0.2, 0.25) is 0 Å². The number of ether oxygens (including phenoxy) is 1. The molecule has 2 heterocycles. The number of aromatic nitrogens is 1. The molecule has 0 saturated carbocycles. The number of carbonyl (C=O) groups is 1. The predicted molar refractivity (Wildman–Crippen MR) is 111 cm³/mol. The van der Waals surface area contributed by atoms with Crippen molar-refractivity contribution in [3.63, 3.8) is 0 Å². The first kappa shape index (κ1) is 14.9. The molecule has 4 heteroatoms. The highest BCUT2D eigenvalue weighted by Crippen LogP contribution is 2.47. The standard InChI is InChI=1S/C24H20N2O2/c1-2-28-12-13-7-8-19-16(9-13)21-18-11-25-24(27)22(18)20-15-6-4-3-5-14(15)10-17(20)23(21)26-19/h3-9,26H,2,10-12H2,1H3,(H,25,27)/i/hD. The molecule has 1 amide bonds. The summed E-state index contributed by atoms with van der Waals surface area (Å²) in [6, 6.07) is 14.6. The fourth-order valence-corrected chi connectivity index (χ4v) is 4.85. The number of hydrogen-bond acceptors (Lipinski definition) is 2. The van der Waals surface area contributed by atoms with E-state index in [4.69, 9.17) is 6.15 Å². The van der Waals surface area contributed by atoms with Gasteiger partial charge in [0.05, 0.1) is 17.7 Å². The Morgan fingerprint density at radius 1 is 1.14 bits per heavy atom. The van der Waals surface area contributed by atoms with Crippen molar-refractivity contribution in [1.82, 2.24) is 10.3 Å². The minimum absolute atomic E-state index is 0.199. The minimum atomic E-state index is -0.199. The molecular weight excluding hydrogens is 348 g/mol. The molecule has 1 aliphatic heterocycles. The summed E-state index contributed by atoms with van der Waals surface area (Å²) < 4.78 is 13.8. The van der Waals surface area contributed by atoms with E-state index < -0.39 is 0 Å². The lowest BCUT2D eigenvalue weighted by Crippen LogP contribution is -2.13. The maximum Gasteiger partial charge on any atom is 0.252 e. The largest absolute Gasteiger partial charge is 0.377 e. The number of benzene rings is 3. The smallest absolute Gasteiger partial charge is 0.252 e. The molecular formula is C24H20N2O2. The first-order chi connectivity index (χ1) is 14.2. The summed E-state index contributed by atoms with van der Waals surface area (Å²) in [4.78, 5) is 16.6. The van der Waals surface area contributed by atoms with Crippen LogP contribution in [-0.2, 0) is 24.3 Å². The van der Waals surface area contributed by atoms with Crippen LogP contribution in [0.3, 0.4) is 0 Å². The van der Waals surface area contributed by atoms with Crippen molar-refractivity contribution in [1.29, 1.82) is 0 Å². The number of carbonyl (C=O) groups excluding carboxylic acids is 1. The van der Waals surface area contributed by atoms with E-state index in [1.807, 2.05) is 19.1 Å². The van der Waals surface area contributed by atoms with Gasteiger partial charge >= 0.3 is 0 Å². The summed E-state index contributed by atoms with van der Waals surface area (Å²) in [6.07, 6.45) is 0.805. The highest BCUT2D eigenvalue weighted by Gasteiger charge is 2.34. The van der Waals surface area contributed by atoms with E-state index in [0.717, 1.165) is 55.8 Å². The van der Waals surface area contributed by atoms with Crippen LogP contribution < -0.4 is 5.31 Å². The zero-order valence-electron chi connectivity index (χ0n) is 16.6. The average molecular weight is 369 g/mol. The van der Waals surface area contributed by atoms with Gasteiger partial charge in [-0.15, -0.1) is 0 Å². The van der Waals surface area contributed by atoms with Gasteiger partial charge in [0, 0.05) is 41.4 Å². The molecule has 0 unspecified atom stereocenters. The van der Waals surface area contributed by atoms with Crippen molar-refractivity contribution >= 4 is 27.7 Å². The number of H-pyrrole nitrogens is 1. The molecule has 1 aromatic heterocycles. The van der Waals surface area contributed by atoms with Crippen LogP contribution in [-0.4, -0.2) is 17.5 Å². The minimum Gasteiger partial charge on any atom is -0.377 e. The molecule has 3 aromatic carbocycles. The monoisotopic (exact) mass is 369 g/mol. The molecule has 6 rings (SSSR count). The number of rotatable bonds is 3. The van der Waals surface area contributed by atoms with E-state index in [1.165, 1.54) is 11.1 Å². The molecule has 2 aliphatic rings. The van der Waals surface area contributed by atoms with Crippen LogP contribution in [0.15, 0.2) is 42.5 Å². The second-order valence-corrected chi connectivity index (χ2v) is 7.55. The number of aromatic amines is 1. The molecule has 28 heavy (non-hydrogen) atoms. The zero-order chi connectivity index (χ0) is 19.7. The van der Waals surface area contributed by atoms with Crippen molar-refractivity contribution in [3.8, 4) is 11.1 Å². The molecule has 1 aliphatic carbocycles. The van der Waals surface area contributed by atoms with E-state index in [9.17, 15) is 4.79 Å². The number of hydrogen-bond donors (Lipinski definition) is 2. The maximum absolute atomic E-state index is 13.0. The Kier molecular flexibility index (Phi) is 3.03. The van der Waals surface area contributed by atoms with Gasteiger partial charge in [0.15, 0.2) is 1.41 Å². The van der Waals surface area contributed by atoms with Crippen molar-refractivity contribution < 1.29 is 10.9 Å². The average Bonchev–Trinajstić information content (AvgIpc) is 3.38.